The molecule has 2 heterocycles. The maximum Gasteiger partial charge on any atom is 0.254 e. The fourth-order valence-electron chi connectivity index (χ4n) is 4.67. The van der Waals surface area contributed by atoms with Crippen LogP contribution in [0.5, 0.6) is 0 Å². The van der Waals surface area contributed by atoms with Crippen LogP contribution in [0.2, 0.25) is 0 Å². The lowest BCUT2D eigenvalue weighted by atomic mass is 9.90. The highest BCUT2D eigenvalue weighted by Gasteiger charge is 2.26. The van der Waals surface area contributed by atoms with E-state index in [2.05, 4.69) is 19.1 Å². The summed E-state index contributed by atoms with van der Waals surface area (Å²) in [4.78, 5) is 29.6. The van der Waals surface area contributed by atoms with Gasteiger partial charge in [0.25, 0.3) is 5.91 Å². The van der Waals surface area contributed by atoms with Crippen LogP contribution in [0.1, 0.15) is 41.6 Å². The van der Waals surface area contributed by atoms with Crippen LogP contribution in [0.15, 0.2) is 48.5 Å². The van der Waals surface area contributed by atoms with Crippen LogP contribution < -0.4 is 0 Å². The van der Waals surface area contributed by atoms with Crippen molar-refractivity contribution in [1.82, 2.24) is 9.80 Å². The van der Waals surface area contributed by atoms with E-state index in [4.69, 9.17) is 4.74 Å². The van der Waals surface area contributed by atoms with Gasteiger partial charge in [0.05, 0.1) is 13.2 Å². The molecule has 0 spiro atoms. The lowest BCUT2D eigenvalue weighted by molar-refractivity contribution is -0.135. The fraction of sp³-hybridized carbons (Fsp3) is 0.462. The van der Waals surface area contributed by atoms with Gasteiger partial charge in [0.15, 0.2) is 0 Å². The van der Waals surface area contributed by atoms with Crippen LogP contribution in [0, 0.1) is 12.8 Å². The van der Waals surface area contributed by atoms with E-state index >= 15 is 0 Å². The minimum Gasteiger partial charge on any atom is -0.378 e. The topological polar surface area (TPSA) is 49.9 Å². The number of aryl methyl sites for hydroxylation is 1. The van der Waals surface area contributed by atoms with Crippen LogP contribution in [-0.2, 0) is 9.53 Å². The summed E-state index contributed by atoms with van der Waals surface area (Å²) in [5.41, 5.74) is 4.07. The SMILES string of the molecule is Cc1ccccc1-c1ccccc1C(=O)N1CCC(CCC(=O)N2CCOCC2)CC1. The molecule has 2 amide bonds. The fourth-order valence-corrected chi connectivity index (χ4v) is 4.67. The Balaban J connectivity index is 1.34. The molecule has 164 valence electrons. The molecule has 2 saturated heterocycles. The van der Waals surface area contributed by atoms with E-state index in [1.165, 1.54) is 5.56 Å². The predicted molar refractivity (Wildman–Crippen MR) is 122 cm³/mol. The first kappa shape index (κ1) is 21.6. The normalized spacial score (nSPS) is 17.6. The minimum absolute atomic E-state index is 0.113. The molecule has 0 atom stereocenters. The number of hydrogen-bond donors (Lipinski definition) is 0. The molecule has 0 aliphatic carbocycles. The second-order valence-electron chi connectivity index (χ2n) is 8.63. The highest BCUT2D eigenvalue weighted by molar-refractivity contribution is 6.01. The first-order chi connectivity index (χ1) is 15.1. The van der Waals surface area contributed by atoms with E-state index in [9.17, 15) is 9.59 Å². The van der Waals surface area contributed by atoms with E-state index in [0.717, 1.165) is 49.0 Å². The van der Waals surface area contributed by atoms with E-state index < -0.39 is 0 Å². The highest BCUT2D eigenvalue weighted by Crippen LogP contribution is 2.29. The van der Waals surface area contributed by atoms with Crippen molar-refractivity contribution in [3.8, 4) is 11.1 Å². The van der Waals surface area contributed by atoms with Crippen LogP contribution in [0.4, 0.5) is 0 Å². The monoisotopic (exact) mass is 420 g/mol. The molecule has 2 aromatic carbocycles. The summed E-state index contributed by atoms with van der Waals surface area (Å²) in [5, 5.41) is 0. The summed E-state index contributed by atoms with van der Waals surface area (Å²) in [6, 6.07) is 16.1. The number of carbonyl (C=O) groups is 2. The van der Waals surface area contributed by atoms with E-state index in [0.29, 0.717) is 38.6 Å². The number of nitrogens with zero attached hydrogens (tertiary/aromatic N) is 2. The molecular formula is C26H32N2O3. The van der Waals surface area contributed by atoms with Crippen LogP contribution >= 0.6 is 0 Å². The Morgan fingerprint density at radius 3 is 2.23 bits per heavy atom. The molecule has 5 heteroatoms. The number of benzene rings is 2. The number of piperidine rings is 1. The van der Waals surface area contributed by atoms with Crippen molar-refractivity contribution in [1.29, 1.82) is 0 Å². The molecule has 2 aliphatic rings. The summed E-state index contributed by atoms with van der Waals surface area (Å²) in [5.74, 6) is 0.872. The van der Waals surface area contributed by atoms with Crippen LogP contribution in [-0.4, -0.2) is 61.0 Å². The lowest BCUT2D eigenvalue weighted by Gasteiger charge is -2.33. The Bertz CT molecular complexity index is 912. The van der Waals surface area contributed by atoms with Crippen molar-refractivity contribution in [2.24, 2.45) is 5.92 Å². The molecule has 0 N–H and O–H groups in total. The van der Waals surface area contributed by atoms with Crippen LogP contribution in [0.25, 0.3) is 11.1 Å². The first-order valence-electron chi connectivity index (χ1n) is 11.4. The minimum atomic E-state index is 0.113. The van der Waals surface area contributed by atoms with Gasteiger partial charge < -0.3 is 14.5 Å². The smallest absolute Gasteiger partial charge is 0.254 e. The van der Waals surface area contributed by atoms with Gasteiger partial charge in [-0.3, -0.25) is 9.59 Å². The molecule has 0 radical (unpaired) electrons. The van der Waals surface area contributed by atoms with Crippen molar-refractivity contribution in [2.75, 3.05) is 39.4 Å². The van der Waals surface area contributed by atoms with Crippen molar-refractivity contribution < 1.29 is 14.3 Å². The molecule has 31 heavy (non-hydrogen) atoms. The number of hydrogen-bond acceptors (Lipinski definition) is 3. The van der Waals surface area contributed by atoms with Gasteiger partial charge in [0.2, 0.25) is 5.91 Å². The third-order valence-corrected chi connectivity index (χ3v) is 6.62. The average Bonchev–Trinajstić information content (AvgIpc) is 2.83. The van der Waals surface area contributed by atoms with Gasteiger partial charge in [-0.1, -0.05) is 42.5 Å². The molecule has 2 aliphatic heterocycles. The van der Waals surface area contributed by atoms with Gasteiger partial charge in [-0.25, -0.2) is 0 Å². The molecule has 0 aromatic heterocycles. The number of morpholine rings is 1. The Labute approximate surface area is 185 Å². The van der Waals surface area contributed by atoms with E-state index in [1.54, 1.807) is 0 Å². The maximum absolute atomic E-state index is 13.3. The third-order valence-electron chi connectivity index (χ3n) is 6.62. The standard InChI is InChI=1S/C26H32N2O3/c1-20-6-2-3-7-22(20)23-8-4-5-9-24(23)26(30)28-14-12-21(13-15-28)10-11-25(29)27-16-18-31-19-17-27/h2-9,21H,10-19H2,1H3. The highest BCUT2D eigenvalue weighted by atomic mass is 16.5. The van der Waals surface area contributed by atoms with E-state index in [-0.39, 0.29) is 11.8 Å². The number of ether oxygens (including phenoxy) is 1. The van der Waals surface area contributed by atoms with Crippen molar-refractivity contribution >= 4 is 11.8 Å². The Hall–Kier alpha value is -2.66. The second kappa shape index (κ2) is 10.1. The maximum atomic E-state index is 13.3. The molecule has 2 aromatic rings. The average molecular weight is 421 g/mol. The van der Waals surface area contributed by atoms with Crippen molar-refractivity contribution in [2.45, 2.75) is 32.6 Å². The number of carbonyl (C=O) groups excluding carboxylic acids is 2. The zero-order valence-corrected chi connectivity index (χ0v) is 18.4. The summed E-state index contributed by atoms with van der Waals surface area (Å²) in [7, 11) is 0. The van der Waals surface area contributed by atoms with Gasteiger partial charge >= 0.3 is 0 Å². The van der Waals surface area contributed by atoms with Gasteiger partial charge in [-0.05, 0) is 54.9 Å². The lowest BCUT2D eigenvalue weighted by Crippen LogP contribution is -2.41. The molecular weight excluding hydrogens is 388 g/mol. The number of likely N-dealkylation sites (tertiary alicyclic amines) is 1. The summed E-state index contributed by atoms with van der Waals surface area (Å²) in [6.07, 6.45) is 3.45. The van der Waals surface area contributed by atoms with Gasteiger partial charge in [0, 0.05) is 38.2 Å². The number of rotatable bonds is 5. The van der Waals surface area contributed by atoms with Crippen LogP contribution in [0.3, 0.4) is 0 Å². The zero-order valence-electron chi connectivity index (χ0n) is 18.4. The number of amides is 2. The predicted octanol–water partition coefficient (Wildman–Crippen LogP) is 4.15. The second-order valence-corrected chi connectivity index (χ2v) is 8.63. The Kier molecular flexibility index (Phi) is 7.03. The molecule has 0 saturated carbocycles. The third kappa shape index (κ3) is 5.16. The molecule has 2 fully saturated rings. The van der Waals surface area contributed by atoms with E-state index in [1.807, 2.05) is 46.2 Å². The quantitative estimate of drug-likeness (QED) is 0.730. The van der Waals surface area contributed by atoms with Gasteiger partial charge in [-0.2, -0.15) is 0 Å². The Morgan fingerprint density at radius 1 is 0.871 bits per heavy atom. The molecule has 0 unspecified atom stereocenters. The van der Waals surface area contributed by atoms with Gasteiger partial charge in [-0.15, -0.1) is 0 Å². The summed E-state index contributed by atoms with van der Waals surface area (Å²) < 4.78 is 5.33. The van der Waals surface area contributed by atoms with Gasteiger partial charge in [0.1, 0.15) is 0 Å². The summed E-state index contributed by atoms with van der Waals surface area (Å²) in [6.45, 7) is 6.33. The molecule has 0 bridgehead atoms. The van der Waals surface area contributed by atoms with Crippen molar-refractivity contribution in [3.05, 3.63) is 59.7 Å². The first-order valence-corrected chi connectivity index (χ1v) is 11.4. The zero-order chi connectivity index (χ0) is 21.6. The summed E-state index contributed by atoms with van der Waals surface area (Å²) >= 11 is 0. The molecule has 4 rings (SSSR count). The Morgan fingerprint density at radius 2 is 1.52 bits per heavy atom. The molecule has 5 nitrogen and oxygen atoms in total. The van der Waals surface area contributed by atoms with Crippen molar-refractivity contribution in [3.63, 3.8) is 0 Å². The largest absolute Gasteiger partial charge is 0.378 e.